The first-order valence-corrected chi connectivity index (χ1v) is 6.64. The molecule has 1 unspecified atom stereocenters. The Bertz CT molecular complexity index is 425. The zero-order valence-electron chi connectivity index (χ0n) is 13.0. The van der Waals surface area contributed by atoms with Crippen molar-refractivity contribution >= 4 is 5.97 Å². The van der Waals surface area contributed by atoms with E-state index in [0.29, 0.717) is 0 Å². The highest BCUT2D eigenvalue weighted by molar-refractivity contribution is 5.76. The van der Waals surface area contributed by atoms with E-state index in [-0.39, 0.29) is 13.3 Å². The third kappa shape index (κ3) is 5.20. The molecule has 0 amide bonds. The van der Waals surface area contributed by atoms with E-state index in [2.05, 4.69) is 4.74 Å². The first-order valence-electron chi connectivity index (χ1n) is 6.64. The molecule has 0 aliphatic heterocycles. The Morgan fingerprint density at radius 2 is 1.30 bits per heavy atom. The van der Waals surface area contributed by atoms with E-state index in [0.717, 1.165) is 0 Å². The van der Waals surface area contributed by atoms with Crippen LogP contribution in [0.4, 0.5) is 35.1 Å². The molecule has 0 spiro atoms. The maximum atomic E-state index is 13.9. The van der Waals surface area contributed by atoms with Crippen LogP contribution in [0.1, 0.15) is 47.0 Å². The molecule has 0 heterocycles. The zero-order chi connectivity index (χ0) is 18.9. The van der Waals surface area contributed by atoms with Gasteiger partial charge in [0.2, 0.25) is 0 Å². The molecule has 0 aromatic heterocycles. The molecule has 0 fully saturated rings. The van der Waals surface area contributed by atoms with Gasteiger partial charge in [0, 0.05) is 12.8 Å². The standard InChI is InChI=1S/C13H18F8O2/c1-5-9(2,3)8(22)23-10(4,13(19,20)21)11(14,15)6-7-12(16,17)18/h5-7H2,1-4H3. The van der Waals surface area contributed by atoms with Crippen molar-refractivity contribution in [3.8, 4) is 0 Å². The molecule has 0 N–H and O–H groups in total. The highest BCUT2D eigenvalue weighted by atomic mass is 19.4. The van der Waals surface area contributed by atoms with E-state index in [1.54, 1.807) is 0 Å². The third-order valence-corrected chi connectivity index (χ3v) is 3.69. The molecule has 10 heteroatoms. The minimum absolute atomic E-state index is 0.00606. The molecular weight excluding hydrogens is 340 g/mol. The molecule has 0 saturated carbocycles. The van der Waals surface area contributed by atoms with E-state index in [1.165, 1.54) is 20.8 Å². The summed E-state index contributed by atoms with van der Waals surface area (Å²) < 4.78 is 107. The van der Waals surface area contributed by atoms with Crippen LogP contribution >= 0.6 is 0 Å². The van der Waals surface area contributed by atoms with E-state index in [4.69, 9.17) is 0 Å². The van der Waals surface area contributed by atoms with Gasteiger partial charge >= 0.3 is 18.3 Å². The summed E-state index contributed by atoms with van der Waals surface area (Å²) in [5, 5.41) is 0. The zero-order valence-corrected chi connectivity index (χ0v) is 13.0. The van der Waals surface area contributed by atoms with Gasteiger partial charge in [-0.05, 0) is 27.2 Å². The van der Waals surface area contributed by atoms with Gasteiger partial charge in [0.1, 0.15) is 0 Å². The minimum atomic E-state index is -5.75. The van der Waals surface area contributed by atoms with Crippen LogP contribution in [-0.4, -0.2) is 29.8 Å². The van der Waals surface area contributed by atoms with Gasteiger partial charge in [-0.3, -0.25) is 4.79 Å². The summed E-state index contributed by atoms with van der Waals surface area (Å²) in [4.78, 5) is 11.7. The normalized spacial score (nSPS) is 16.9. The van der Waals surface area contributed by atoms with Crippen LogP contribution in [0.15, 0.2) is 0 Å². The second kappa shape index (κ2) is 6.43. The Hall–Kier alpha value is -1.09. The van der Waals surface area contributed by atoms with Gasteiger partial charge in [-0.15, -0.1) is 0 Å². The topological polar surface area (TPSA) is 26.3 Å². The van der Waals surface area contributed by atoms with Crippen LogP contribution in [0, 0.1) is 5.41 Å². The molecule has 0 aliphatic carbocycles. The average Bonchev–Trinajstić information content (AvgIpc) is 2.33. The molecule has 0 saturated heterocycles. The van der Waals surface area contributed by atoms with Crippen molar-refractivity contribution in [2.75, 3.05) is 0 Å². The van der Waals surface area contributed by atoms with Crippen molar-refractivity contribution in [3.05, 3.63) is 0 Å². The fraction of sp³-hybridized carbons (Fsp3) is 0.923. The van der Waals surface area contributed by atoms with Crippen LogP contribution in [-0.2, 0) is 9.53 Å². The van der Waals surface area contributed by atoms with Crippen LogP contribution in [0.5, 0.6) is 0 Å². The predicted octanol–water partition coefficient (Wildman–Crippen LogP) is 5.26. The van der Waals surface area contributed by atoms with E-state index >= 15 is 0 Å². The molecule has 0 aliphatic rings. The van der Waals surface area contributed by atoms with Gasteiger partial charge in [-0.25, -0.2) is 8.78 Å². The van der Waals surface area contributed by atoms with Crippen LogP contribution in [0.25, 0.3) is 0 Å². The van der Waals surface area contributed by atoms with E-state index in [9.17, 15) is 39.9 Å². The lowest BCUT2D eigenvalue weighted by Gasteiger charge is -2.39. The summed E-state index contributed by atoms with van der Waals surface area (Å²) in [6, 6.07) is 0. The molecule has 0 radical (unpaired) electrons. The maximum Gasteiger partial charge on any atom is 0.434 e. The average molecular weight is 358 g/mol. The van der Waals surface area contributed by atoms with Crippen molar-refractivity contribution < 1.29 is 44.7 Å². The monoisotopic (exact) mass is 358 g/mol. The number of ether oxygens (including phenoxy) is 1. The first kappa shape index (κ1) is 21.9. The molecule has 2 nitrogen and oxygen atoms in total. The second-order valence-electron chi connectivity index (χ2n) is 5.98. The Morgan fingerprint density at radius 1 is 0.870 bits per heavy atom. The van der Waals surface area contributed by atoms with E-state index in [1.807, 2.05) is 0 Å². The number of carbonyl (C=O) groups excluding carboxylic acids is 1. The molecule has 0 bridgehead atoms. The fourth-order valence-electron chi connectivity index (χ4n) is 1.35. The highest BCUT2D eigenvalue weighted by Gasteiger charge is 2.70. The lowest BCUT2D eigenvalue weighted by molar-refractivity contribution is -0.334. The molecule has 0 rings (SSSR count). The van der Waals surface area contributed by atoms with Crippen molar-refractivity contribution in [3.63, 3.8) is 0 Å². The van der Waals surface area contributed by atoms with Gasteiger partial charge in [-0.1, -0.05) is 6.92 Å². The van der Waals surface area contributed by atoms with Gasteiger partial charge in [-0.2, -0.15) is 26.3 Å². The summed E-state index contributed by atoms with van der Waals surface area (Å²) in [7, 11) is 0. The number of hydrogen-bond donors (Lipinski definition) is 0. The first-order chi connectivity index (χ1) is 9.90. The summed E-state index contributed by atoms with van der Waals surface area (Å²) in [6.07, 6.45) is -15.1. The van der Waals surface area contributed by atoms with Gasteiger partial charge < -0.3 is 4.74 Å². The van der Waals surface area contributed by atoms with Crippen LogP contribution in [0.3, 0.4) is 0 Å². The number of halogens is 8. The van der Waals surface area contributed by atoms with Crippen LogP contribution in [0.2, 0.25) is 0 Å². The van der Waals surface area contributed by atoms with Crippen molar-refractivity contribution in [1.82, 2.24) is 0 Å². The Balaban J connectivity index is 5.62. The summed E-state index contributed by atoms with van der Waals surface area (Å²) in [5.41, 5.74) is -5.85. The Morgan fingerprint density at radius 3 is 1.61 bits per heavy atom. The van der Waals surface area contributed by atoms with E-state index < -0.39 is 48.1 Å². The maximum absolute atomic E-state index is 13.9. The number of rotatable bonds is 6. The molecule has 1 atom stereocenters. The quantitative estimate of drug-likeness (QED) is 0.478. The number of carbonyl (C=O) groups is 1. The number of hydrogen-bond acceptors (Lipinski definition) is 2. The molecule has 0 aromatic rings. The van der Waals surface area contributed by atoms with Gasteiger partial charge in [0.05, 0.1) is 5.41 Å². The van der Waals surface area contributed by atoms with Crippen molar-refractivity contribution in [1.29, 1.82) is 0 Å². The van der Waals surface area contributed by atoms with Gasteiger partial charge in [0.15, 0.2) is 0 Å². The number of esters is 1. The van der Waals surface area contributed by atoms with Crippen LogP contribution < -0.4 is 0 Å². The minimum Gasteiger partial charge on any atom is -0.443 e. The van der Waals surface area contributed by atoms with Crippen molar-refractivity contribution in [2.45, 2.75) is 70.8 Å². The molecule has 23 heavy (non-hydrogen) atoms. The van der Waals surface area contributed by atoms with Crippen molar-refractivity contribution in [2.24, 2.45) is 5.41 Å². The predicted molar refractivity (Wildman–Crippen MR) is 64.9 cm³/mol. The Kier molecular flexibility index (Phi) is 6.12. The summed E-state index contributed by atoms with van der Waals surface area (Å²) in [6.45, 7) is 3.67. The molecule has 138 valence electrons. The third-order valence-electron chi connectivity index (χ3n) is 3.69. The molecular formula is C13H18F8O2. The molecule has 0 aromatic carbocycles. The Labute approximate surface area is 128 Å². The summed E-state index contributed by atoms with van der Waals surface area (Å²) >= 11 is 0. The number of alkyl halides is 8. The highest BCUT2D eigenvalue weighted by Crippen LogP contribution is 2.48. The smallest absolute Gasteiger partial charge is 0.434 e. The van der Waals surface area contributed by atoms with Gasteiger partial charge in [0.25, 0.3) is 11.5 Å². The largest absolute Gasteiger partial charge is 0.443 e. The SMILES string of the molecule is CCC(C)(C)C(=O)OC(C)(C(F)(F)F)C(F)(F)CCC(F)(F)F. The lowest BCUT2D eigenvalue weighted by atomic mass is 9.88. The second-order valence-corrected chi connectivity index (χ2v) is 5.98. The fourth-order valence-corrected chi connectivity index (χ4v) is 1.35. The summed E-state index contributed by atoms with van der Waals surface area (Å²) in [5.74, 6) is -6.51. The lowest BCUT2D eigenvalue weighted by Crippen LogP contribution is -2.60.